The fourth-order valence-corrected chi connectivity index (χ4v) is 6.48. The van der Waals surface area contributed by atoms with Gasteiger partial charge in [-0.3, -0.25) is 4.79 Å². The molecule has 1 aromatic heterocycles. The fourth-order valence-electron chi connectivity index (χ4n) is 3.40. The van der Waals surface area contributed by atoms with E-state index in [1.165, 1.54) is 39.9 Å². The monoisotopic (exact) mass is 469 g/mol. The second-order valence-electron chi connectivity index (χ2n) is 6.73. The predicted octanol–water partition coefficient (Wildman–Crippen LogP) is 3.83. The van der Waals surface area contributed by atoms with Gasteiger partial charge in [0.05, 0.1) is 15.1 Å². The fraction of sp³-hybridized carbons (Fsp3) is 0.263. The normalized spacial score (nSPS) is 18.6. The zero-order valence-corrected chi connectivity index (χ0v) is 18.5. The number of thiazole rings is 1. The first kappa shape index (κ1) is 20.6. The number of hydrogen-bond acceptors (Lipinski definition) is 4. The maximum absolute atomic E-state index is 13.0. The number of amides is 1. The van der Waals surface area contributed by atoms with Crippen LogP contribution < -0.4 is 4.80 Å². The lowest BCUT2D eigenvalue weighted by atomic mass is 10.2. The predicted molar refractivity (Wildman–Crippen MR) is 115 cm³/mol. The molecular weight excluding hydrogens is 453 g/mol. The highest BCUT2D eigenvalue weighted by atomic mass is 35.5. The highest BCUT2D eigenvalue weighted by Gasteiger charge is 2.39. The molecule has 1 saturated heterocycles. The smallest absolute Gasteiger partial charge is 0.266 e. The molecule has 0 bridgehead atoms. The van der Waals surface area contributed by atoms with E-state index >= 15 is 0 Å². The molecule has 1 fully saturated rings. The van der Waals surface area contributed by atoms with E-state index < -0.39 is 22.0 Å². The lowest BCUT2D eigenvalue weighted by Gasteiger charge is -2.21. The number of rotatable bonds is 3. The minimum absolute atomic E-state index is 0.114. The molecule has 1 amide bonds. The Bertz CT molecular complexity index is 1260. The van der Waals surface area contributed by atoms with Crippen molar-refractivity contribution in [1.29, 1.82) is 0 Å². The Balaban J connectivity index is 1.69. The quantitative estimate of drug-likeness (QED) is 0.584. The summed E-state index contributed by atoms with van der Waals surface area (Å²) in [6.45, 7) is 0.283. The van der Waals surface area contributed by atoms with Gasteiger partial charge in [0.2, 0.25) is 10.0 Å². The van der Waals surface area contributed by atoms with Crippen LogP contribution in [0, 0.1) is 0 Å². The molecule has 0 N–H and O–H groups in total. The molecule has 4 rings (SSSR count). The van der Waals surface area contributed by atoms with Crippen molar-refractivity contribution in [3.63, 3.8) is 0 Å². The van der Waals surface area contributed by atoms with E-state index in [0.29, 0.717) is 27.7 Å². The van der Waals surface area contributed by atoms with Crippen molar-refractivity contribution in [1.82, 2.24) is 8.87 Å². The first-order chi connectivity index (χ1) is 13.8. The highest BCUT2D eigenvalue weighted by Crippen LogP contribution is 2.28. The molecule has 2 heterocycles. The molecule has 0 radical (unpaired) electrons. The Morgan fingerprint density at radius 1 is 1.14 bits per heavy atom. The number of carbonyl (C=O) groups excluding carboxylic acids is 1. The number of halogens is 2. The molecule has 0 spiro atoms. The van der Waals surface area contributed by atoms with Crippen molar-refractivity contribution in [3.8, 4) is 0 Å². The third-order valence-electron chi connectivity index (χ3n) is 4.89. The molecule has 152 valence electrons. The van der Waals surface area contributed by atoms with Crippen LogP contribution in [0.2, 0.25) is 10.0 Å². The van der Waals surface area contributed by atoms with Crippen molar-refractivity contribution in [3.05, 3.63) is 57.3 Å². The summed E-state index contributed by atoms with van der Waals surface area (Å²) in [6, 6.07) is 10.6. The molecule has 1 aliphatic rings. The number of fused-ring (bicyclic) bond motifs is 1. The van der Waals surface area contributed by atoms with Gasteiger partial charge in [-0.2, -0.15) is 9.30 Å². The van der Waals surface area contributed by atoms with Crippen molar-refractivity contribution in [2.45, 2.75) is 23.8 Å². The molecular formula is C19H17Cl2N3O3S2. The topological polar surface area (TPSA) is 71.7 Å². The van der Waals surface area contributed by atoms with Crippen LogP contribution in [-0.2, 0) is 21.9 Å². The molecule has 1 unspecified atom stereocenters. The molecule has 0 saturated carbocycles. The van der Waals surface area contributed by atoms with E-state index in [2.05, 4.69) is 4.99 Å². The largest absolute Gasteiger partial charge is 0.319 e. The summed E-state index contributed by atoms with van der Waals surface area (Å²) in [5.41, 5.74) is 0.906. The Labute approximate surface area is 182 Å². The summed E-state index contributed by atoms with van der Waals surface area (Å²) < 4.78 is 30.0. The SMILES string of the molecule is Cn1c(=NC(=O)C2CCCN2S(=O)(=O)c2ccc(Cl)cc2)sc2cc(Cl)ccc21. The van der Waals surface area contributed by atoms with Gasteiger partial charge in [-0.1, -0.05) is 34.5 Å². The summed E-state index contributed by atoms with van der Waals surface area (Å²) in [6.07, 6.45) is 1.04. The van der Waals surface area contributed by atoms with E-state index in [4.69, 9.17) is 23.2 Å². The summed E-state index contributed by atoms with van der Waals surface area (Å²) in [5.74, 6) is -0.465. The third-order valence-corrected chi connectivity index (χ3v) is 8.39. The van der Waals surface area contributed by atoms with E-state index in [1.54, 1.807) is 10.6 Å². The molecule has 2 aromatic carbocycles. The number of benzene rings is 2. The lowest BCUT2D eigenvalue weighted by molar-refractivity contribution is -0.121. The van der Waals surface area contributed by atoms with E-state index in [9.17, 15) is 13.2 Å². The number of hydrogen-bond donors (Lipinski definition) is 0. The molecule has 1 atom stereocenters. The van der Waals surface area contributed by atoms with Crippen LogP contribution in [0.4, 0.5) is 0 Å². The molecule has 29 heavy (non-hydrogen) atoms. The average Bonchev–Trinajstić information content (AvgIpc) is 3.28. The van der Waals surface area contributed by atoms with Gasteiger partial charge in [0.1, 0.15) is 6.04 Å². The minimum atomic E-state index is -3.81. The average molecular weight is 470 g/mol. The first-order valence-corrected chi connectivity index (χ1v) is 11.9. The van der Waals surface area contributed by atoms with Crippen molar-refractivity contribution >= 4 is 60.7 Å². The van der Waals surface area contributed by atoms with Crippen LogP contribution in [0.5, 0.6) is 0 Å². The molecule has 1 aliphatic heterocycles. The van der Waals surface area contributed by atoms with E-state index in [1.807, 2.05) is 19.2 Å². The van der Waals surface area contributed by atoms with Gasteiger partial charge in [-0.25, -0.2) is 8.42 Å². The van der Waals surface area contributed by atoms with Crippen LogP contribution in [-0.4, -0.2) is 35.8 Å². The first-order valence-electron chi connectivity index (χ1n) is 8.88. The minimum Gasteiger partial charge on any atom is -0.319 e. The highest BCUT2D eigenvalue weighted by molar-refractivity contribution is 7.89. The third kappa shape index (κ3) is 3.87. The Morgan fingerprint density at radius 3 is 2.55 bits per heavy atom. The maximum Gasteiger partial charge on any atom is 0.266 e. The van der Waals surface area contributed by atoms with Crippen LogP contribution >= 0.6 is 34.5 Å². The van der Waals surface area contributed by atoms with Crippen LogP contribution in [0.15, 0.2) is 52.4 Å². The molecule has 0 aliphatic carbocycles. The Kier molecular flexibility index (Phi) is 5.56. The number of aryl methyl sites for hydroxylation is 1. The van der Waals surface area contributed by atoms with Gasteiger partial charge in [0.25, 0.3) is 5.91 Å². The van der Waals surface area contributed by atoms with Crippen LogP contribution in [0.25, 0.3) is 10.2 Å². The summed E-state index contributed by atoms with van der Waals surface area (Å²) in [4.78, 5) is 17.8. The second kappa shape index (κ2) is 7.85. The number of nitrogens with zero attached hydrogens (tertiary/aromatic N) is 3. The zero-order chi connectivity index (χ0) is 20.8. The van der Waals surface area contributed by atoms with Crippen LogP contribution in [0.1, 0.15) is 12.8 Å². The maximum atomic E-state index is 13.0. The zero-order valence-electron chi connectivity index (χ0n) is 15.4. The van der Waals surface area contributed by atoms with Crippen molar-refractivity contribution < 1.29 is 13.2 Å². The Hall–Kier alpha value is -1.71. The molecule has 3 aromatic rings. The van der Waals surface area contributed by atoms with E-state index in [-0.39, 0.29) is 11.4 Å². The number of carbonyl (C=O) groups is 1. The Morgan fingerprint density at radius 2 is 1.83 bits per heavy atom. The van der Waals surface area contributed by atoms with Crippen LogP contribution in [0.3, 0.4) is 0 Å². The lowest BCUT2D eigenvalue weighted by Crippen LogP contribution is -2.40. The van der Waals surface area contributed by atoms with Crippen molar-refractivity contribution in [2.24, 2.45) is 12.0 Å². The van der Waals surface area contributed by atoms with E-state index in [0.717, 1.165) is 10.2 Å². The molecule has 6 nitrogen and oxygen atoms in total. The van der Waals surface area contributed by atoms with Gasteiger partial charge in [0.15, 0.2) is 4.80 Å². The van der Waals surface area contributed by atoms with Gasteiger partial charge in [-0.15, -0.1) is 0 Å². The van der Waals surface area contributed by atoms with Gasteiger partial charge < -0.3 is 4.57 Å². The number of sulfonamides is 1. The number of aromatic nitrogens is 1. The standard InChI is InChI=1S/C19H17Cl2N3O3S2/c1-23-15-9-6-13(21)11-17(15)28-19(23)22-18(25)16-3-2-10-24(16)29(26,27)14-7-4-12(20)5-8-14/h4-9,11,16H,2-3,10H2,1H3. The van der Waals surface area contributed by atoms with Gasteiger partial charge in [0, 0.05) is 23.6 Å². The summed E-state index contributed by atoms with van der Waals surface area (Å²) in [7, 11) is -1.99. The van der Waals surface area contributed by atoms with Crippen molar-refractivity contribution in [2.75, 3.05) is 6.54 Å². The van der Waals surface area contributed by atoms with Gasteiger partial charge in [-0.05, 0) is 55.3 Å². The summed E-state index contributed by atoms with van der Waals surface area (Å²) in [5, 5.41) is 1.05. The van der Waals surface area contributed by atoms with Gasteiger partial charge >= 0.3 is 0 Å². The molecule has 10 heteroatoms. The second-order valence-corrected chi connectivity index (χ2v) is 10.5. The summed E-state index contributed by atoms with van der Waals surface area (Å²) >= 11 is 13.2.